The maximum atomic E-state index is 5.42. The second kappa shape index (κ2) is 10.3. The quantitative estimate of drug-likeness (QED) is 0.427. The third-order valence-corrected chi connectivity index (χ3v) is 4.54. The first-order valence-corrected chi connectivity index (χ1v) is 8.69. The van der Waals surface area contributed by atoms with Crippen molar-refractivity contribution in [3.63, 3.8) is 0 Å². The van der Waals surface area contributed by atoms with E-state index in [2.05, 4.69) is 56.5 Å². The molecule has 0 amide bonds. The summed E-state index contributed by atoms with van der Waals surface area (Å²) in [5, 5.41) is 3.46. The van der Waals surface area contributed by atoms with Crippen LogP contribution in [0.5, 0.6) is 5.75 Å². The fourth-order valence-corrected chi connectivity index (χ4v) is 3.17. The Morgan fingerprint density at radius 2 is 1.65 bits per heavy atom. The SMILES string of the molecule is CN=C(NCc1ccccc1OC)N1CCN(c2ccccc2)CC1.I. The van der Waals surface area contributed by atoms with Gasteiger partial charge in [0.15, 0.2) is 5.96 Å². The Hall–Kier alpha value is -1.96. The van der Waals surface area contributed by atoms with Crippen molar-refractivity contribution in [1.29, 1.82) is 0 Å². The van der Waals surface area contributed by atoms with E-state index in [9.17, 15) is 0 Å². The highest BCUT2D eigenvalue weighted by molar-refractivity contribution is 14.0. The summed E-state index contributed by atoms with van der Waals surface area (Å²) in [5.74, 6) is 1.85. The second-order valence-electron chi connectivity index (χ2n) is 6.02. The smallest absolute Gasteiger partial charge is 0.194 e. The lowest BCUT2D eigenvalue weighted by Crippen LogP contribution is -2.52. The number of hydrogen-bond acceptors (Lipinski definition) is 3. The Balaban J connectivity index is 0.00000243. The van der Waals surface area contributed by atoms with Crippen molar-refractivity contribution in [3.05, 3.63) is 60.2 Å². The minimum Gasteiger partial charge on any atom is -0.496 e. The van der Waals surface area contributed by atoms with E-state index in [1.165, 1.54) is 5.69 Å². The summed E-state index contributed by atoms with van der Waals surface area (Å²) in [6.07, 6.45) is 0. The highest BCUT2D eigenvalue weighted by atomic mass is 127. The summed E-state index contributed by atoms with van der Waals surface area (Å²) in [6.45, 7) is 4.62. The molecule has 2 aromatic rings. The molecule has 3 rings (SSSR count). The lowest BCUT2D eigenvalue weighted by atomic mass is 10.2. The van der Waals surface area contributed by atoms with E-state index in [4.69, 9.17) is 4.74 Å². The molecule has 0 bridgehead atoms. The van der Waals surface area contributed by atoms with E-state index in [0.717, 1.165) is 43.5 Å². The van der Waals surface area contributed by atoms with Gasteiger partial charge in [0, 0.05) is 51.0 Å². The number of aliphatic imine (C=N–C) groups is 1. The molecule has 0 unspecified atom stereocenters. The highest BCUT2D eigenvalue weighted by Crippen LogP contribution is 2.18. The van der Waals surface area contributed by atoms with Crippen LogP contribution in [0.2, 0.25) is 0 Å². The maximum Gasteiger partial charge on any atom is 0.194 e. The zero-order valence-corrected chi connectivity index (χ0v) is 17.7. The second-order valence-corrected chi connectivity index (χ2v) is 6.02. The molecular weight excluding hydrogens is 439 g/mol. The first-order valence-electron chi connectivity index (χ1n) is 8.69. The predicted octanol–water partition coefficient (Wildman–Crippen LogP) is 3.21. The van der Waals surface area contributed by atoms with Crippen LogP contribution in [0.3, 0.4) is 0 Å². The summed E-state index contributed by atoms with van der Waals surface area (Å²) in [7, 11) is 3.55. The Labute approximate surface area is 173 Å². The van der Waals surface area contributed by atoms with Crippen LogP contribution in [0.1, 0.15) is 5.56 Å². The lowest BCUT2D eigenvalue weighted by molar-refractivity contribution is 0.371. The molecule has 1 aliphatic rings. The first kappa shape index (κ1) is 20.4. The molecule has 0 saturated carbocycles. The third-order valence-electron chi connectivity index (χ3n) is 4.54. The van der Waals surface area contributed by atoms with Crippen LogP contribution in [-0.4, -0.2) is 51.2 Å². The monoisotopic (exact) mass is 466 g/mol. The van der Waals surface area contributed by atoms with Gasteiger partial charge >= 0.3 is 0 Å². The summed E-state index contributed by atoms with van der Waals surface area (Å²) in [5.41, 5.74) is 2.42. The van der Waals surface area contributed by atoms with Crippen molar-refractivity contribution < 1.29 is 4.74 Å². The average molecular weight is 466 g/mol. The number of nitrogens with one attached hydrogen (secondary N) is 1. The molecule has 6 heteroatoms. The molecule has 1 heterocycles. The number of methoxy groups -OCH3 is 1. The lowest BCUT2D eigenvalue weighted by Gasteiger charge is -2.37. The number of para-hydroxylation sites is 2. The van der Waals surface area contributed by atoms with Crippen LogP contribution in [0.15, 0.2) is 59.6 Å². The van der Waals surface area contributed by atoms with Gasteiger partial charge in [-0.05, 0) is 18.2 Å². The van der Waals surface area contributed by atoms with Crippen molar-refractivity contribution in [2.75, 3.05) is 45.2 Å². The van der Waals surface area contributed by atoms with Gasteiger partial charge < -0.3 is 19.9 Å². The number of nitrogens with zero attached hydrogens (tertiary/aromatic N) is 3. The molecule has 1 aliphatic heterocycles. The Morgan fingerprint density at radius 3 is 2.31 bits per heavy atom. The van der Waals surface area contributed by atoms with E-state index < -0.39 is 0 Å². The number of guanidine groups is 1. The number of piperazine rings is 1. The van der Waals surface area contributed by atoms with E-state index in [0.29, 0.717) is 6.54 Å². The average Bonchev–Trinajstić information content (AvgIpc) is 2.70. The number of halogens is 1. The minimum absolute atomic E-state index is 0. The molecule has 2 aromatic carbocycles. The maximum absolute atomic E-state index is 5.42. The molecule has 1 fully saturated rings. The first-order chi connectivity index (χ1) is 12.3. The molecule has 1 N–H and O–H groups in total. The fraction of sp³-hybridized carbons (Fsp3) is 0.350. The molecule has 0 aliphatic carbocycles. The van der Waals surface area contributed by atoms with Gasteiger partial charge in [-0.2, -0.15) is 0 Å². The zero-order valence-electron chi connectivity index (χ0n) is 15.4. The van der Waals surface area contributed by atoms with Crippen molar-refractivity contribution in [2.24, 2.45) is 4.99 Å². The van der Waals surface area contributed by atoms with Crippen molar-refractivity contribution in [2.45, 2.75) is 6.54 Å². The van der Waals surface area contributed by atoms with Crippen LogP contribution in [-0.2, 0) is 6.54 Å². The molecule has 140 valence electrons. The molecule has 0 atom stereocenters. The molecule has 0 aromatic heterocycles. The fourth-order valence-electron chi connectivity index (χ4n) is 3.17. The molecule has 26 heavy (non-hydrogen) atoms. The summed E-state index contributed by atoms with van der Waals surface area (Å²) in [4.78, 5) is 9.19. The van der Waals surface area contributed by atoms with Gasteiger partial charge in [-0.1, -0.05) is 36.4 Å². The summed E-state index contributed by atoms with van der Waals surface area (Å²) >= 11 is 0. The van der Waals surface area contributed by atoms with E-state index >= 15 is 0 Å². The molecule has 5 nitrogen and oxygen atoms in total. The normalized spacial score (nSPS) is 14.6. The van der Waals surface area contributed by atoms with E-state index in [1.54, 1.807) is 7.11 Å². The largest absolute Gasteiger partial charge is 0.496 e. The van der Waals surface area contributed by atoms with Gasteiger partial charge in [-0.3, -0.25) is 4.99 Å². The van der Waals surface area contributed by atoms with Crippen LogP contribution in [0.25, 0.3) is 0 Å². The van der Waals surface area contributed by atoms with Gasteiger partial charge in [0.05, 0.1) is 7.11 Å². The molecular formula is C20H27IN4O. The third kappa shape index (κ3) is 5.03. The number of rotatable bonds is 4. The van der Waals surface area contributed by atoms with Crippen molar-refractivity contribution in [3.8, 4) is 5.75 Å². The molecule has 1 saturated heterocycles. The van der Waals surface area contributed by atoms with Gasteiger partial charge in [-0.15, -0.1) is 24.0 Å². The van der Waals surface area contributed by atoms with Gasteiger partial charge in [0.1, 0.15) is 5.75 Å². The number of hydrogen-bond donors (Lipinski definition) is 1. The van der Waals surface area contributed by atoms with Crippen molar-refractivity contribution in [1.82, 2.24) is 10.2 Å². The van der Waals surface area contributed by atoms with E-state index in [-0.39, 0.29) is 24.0 Å². The predicted molar refractivity (Wildman–Crippen MR) is 119 cm³/mol. The van der Waals surface area contributed by atoms with Gasteiger partial charge in [0.25, 0.3) is 0 Å². The van der Waals surface area contributed by atoms with Gasteiger partial charge in [-0.25, -0.2) is 0 Å². The summed E-state index contributed by atoms with van der Waals surface area (Å²) in [6, 6.07) is 18.7. The van der Waals surface area contributed by atoms with Crippen LogP contribution in [0.4, 0.5) is 5.69 Å². The van der Waals surface area contributed by atoms with Crippen LogP contribution >= 0.6 is 24.0 Å². The Kier molecular flexibility index (Phi) is 8.03. The Bertz CT molecular complexity index is 700. The minimum atomic E-state index is 0. The van der Waals surface area contributed by atoms with E-state index in [1.807, 2.05) is 25.2 Å². The summed E-state index contributed by atoms with van der Waals surface area (Å²) < 4.78 is 5.42. The zero-order chi connectivity index (χ0) is 17.5. The Morgan fingerprint density at radius 1 is 1.00 bits per heavy atom. The number of ether oxygens (including phenoxy) is 1. The topological polar surface area (TPSA) is 40.1 Å². The van der Waals surface area contributed by atoms with Gasteiger partial charge in [0.2, 0.25) is 0 Å². The number of anilines is 1. The standard InChI is InChI=1S/C20H26N4O.HI/c1-21-20(22-16-17-8-6-7-11-19(17)25-2)24-14-12-23(13-15-24)18-9-4-3-5-10-18;/h3-11H,12-16H2,1-2H3,(H,21,22);1H. The van der Waals surface area contributed by atoms with Crippen LogP contribution in [0, 0.1) is 0 Å². The molecule has 0 spiro atoms. The van der Waals surface area contributed by atoms with Crippen LogP contribution < -0.4 is 15.0 Å². The molecule has 0 radical (unpaired) electrons. The highest BCUT2D eigenvalue weighted by Gasteiger charge is 2.19. The number of benzene rings is 2. The van der Waals surface area contributed by atoms with Crippen molar-refractivity contribution >= 4 is 35.6 Å².